The molecule has 3 heterocycles. The lowest BCUT2D eigenvalue weighted by Crippen LogP contribution is -2.27. The summed E-state index contributed by atoms with van der Waals surface area (Å²) >= 11 is 0. The lowest BCUT2D eigenvalue weighted by atomic mass is 10.1. The summed E-state index contributed by atoms with van der Waals surface area (Å²) in [5.41, 5.74) is 5.86. The number of nitrogens with zero attached hydrogens (tertiary/aromatic N) is 5. The summed E-state index contributed by atoms with van der Waals surface area (Å²) in [7, 11) is 1.84. The van der Waals surface area contributed by atoms with Crippen LogP contribution in [0.1, 0.15) is 46.0 Å². The number of benzene rings is 1. The Morgan fingerprint density at radius 1 is 1.14 bits per heavy atom. The number of pyridine rings is 1. The van der Waals surface area contributed by atoms with Crippen LogP contribution >= 0.6 is 0 Å². The first-order chi connectivity index (χ1) is 13.9. The summed E-state index contributed by atoms with van der Waals surface area (Å²) in [6, 6.07) is 11.6. The molecule has 1 aromatic carbocycles. The number of carbonyl (C=O) groups is 1. The maximum Gasteiger partial charge on any atom is 0.252 e. The van der Waals surface area contributed by atoms with E-state index in [4.69, 9.17) is 0 Å². The van der Waals surface area contributed by atoms with Gasteiger partial charge in [0.2, 0.25) is 0 Å². The second kappa shape index (κ2) is 7.16. The predicted octanol–water partition coefficient (Wildman–Crippen LogP) is 3.57. The maximum absolute atomic E-state index is 13.1. The fraction of sp³-hybridized carbons (Fsp3) is 0.273. The Balaban J connectivity index is 1.65. The van der Waals surface area contributed by atoms with Crippen LogP contribution in [0.2, 0.25) is 0 Å². The molecule has 0 bridgehead atoms. The van der Waals surface area contributed by atoms with Crippen LogP contribution in [0.3, 0.4) is 0 Å². The highest BCUT2D eigenvalue weighted by molar-refractivity contribution is 6.06. The van der Waals surface area contributed by atoms with Crippen molar-refractivity contribution in [1.82, 2.24) is 29.9 Å². The zero-order valence-corrected chi connectivity index (χ0v) is 17.3. The first kappa shape index (κ1) is 18.9. The van der Waals surface area contributed by atoms with Crippen molar-refractivity contribution >= 4 is 16.9 Å². The Kier molecular flexibility index (Phi) is 4.66. The van der Waals surface area contributed by atoms with Gasteiger partial charge in [-0.05, 0) is 45.9 Å². The highest BCUT2D eigenvalue weighted by Crippen LogP contribution is 2.24. The molecule has 29 heavy (non-hydrogen) atoms. The molecule has 0 aliphatic heterocycles. The van der Waals surface area contributed by atoms with Crippen LogP contribution in [0.4, 0.5) is 0 Å². The lowest BCUT2D eigenvalue weighted by Gasteiger charge is -2.15. The van der Waals surface area contributed by atoms with Gasteiger partial charge in [0.1, 0.15) is 0 Å². The van der Waals surface area contributed by atoms with Crippen molar-refractivity contribution in [3.05, 3.63) is 70.8 Å². The molecule has 0 aliphatic carbocycles. The number of rotatable bonds is 4. The first-order valence-corrected chi connectivity index (χ1v) is 9.58. The van der Waals surface area contributed by atoms with Gasteiger partial charge in [-0.1, -0.05) is 18.2 Å². The Morgan fingerprint density at radius 3 is 2.59 bits per heavy atom. The van der Waals surface area contributed by atoms with E-state index in [0.29, 0.717) is 11.2 Å². The van der Waals surface area contributed by atoms with E-state index in [2.05, 4.69) is 20.5 Å². The summed E-state index contributed by atoms with van der Waals surface area (Å²) in [4.78, 5) is 17.7. The largest absolute Gasteiger partial charge is 0.345 e. The normalized spacial score (nSPS) is 12.3. The van der Waals surface area contributed by atoms with Crippen LogP contribution in [-0.2, 0) is 7.05 Å². The van der Waals surface area contributed by atoms with Crippen LogP contribution in [0.15, 0.2) is 42.6 Å². The van der Waals surface area contributed by atoms with Gasteiger partial charge in [0.15, 0.2) is 5.65 Å². The molecule has 0 fully saturated rings. The zero-order valence-electron chi connectivity index (χ0n) is 17.3. The molecule has 7 heteroatoms. The fourth-order valence-corrected chi connectivity index (χ4v) is 3.78. The minimum Gasteiger partial charge on any atom is -0.345 e. The van der Waals surface area contributed by atoms with Crippen molar-refractivity contribution < 1.29 is 4.79 Å². The standard InChI is InChI=1S/C22H24N6O/c1-13-11-18(20-15(3)26-27(5)21(20)24-13)22(29)25-14(2)19-12-23-28(16(19)4)17-9-7-6-8-10-17/h6-12,14H,1-5H3,(H,25,29). The molecule has 148 valence electrons. The Morgan fingerprint density at radius 2 is 1.86 bits per heavy atom. The minimum atomic E-state index is -0.194. The van der Waals surface area contributed by atoms with E-state index in [1.165, 1.54) is 0 Å². The molecule has 1 unspecified atom stereocenters. The van der Waals surface area contributed by atoms with Crippen LogP contribution in [0.5, 0.6) is 0 Å². The smallest absolute Gasteiger partial charge is 0.252 e. The highest BCUT2D eigenvalue weighted by Gasteiger charge is 2.21. The van der Waals surface area contributed by atoms with Crippen LogP contribution in [-0.4, -0.2) is 30.5 Å². The molecule has 1 N–H and O–H groups in total. The minimum absolute atomic E-state index is 0.143. The molecule has 3 aromatic heterocycles. The SMILES string of the molecule is Cc1cc(C(=O)NC(C)c2cnn(-c3ccccc3)c2C)c2c(C)nn(C)c2n1. The van der Waals surface area contributed by atoms with Crippen molar-refractivity contribution in [1.29, 1.82) is 0 Å². The summed E-state index contributed by atoms with van der Waals surface area (Å²) in [5, 5.41) is 12.8. The quantitative estimate of drug-likeness (QED) is 0.580. The van der Waals surface area contributed by atoms with E-state index in [1.807, 2.05) is 82.0 Å². The highest BCUT2D eigenvalue weighted by atomic mass is 16.1. The van der Waals surface area contributed by atoms with Gasteiger partial charge < -0.3 is 5.32 Å². The second-order valence-corrected chi connectivity index (χ2v) is 7.35. The number of aromatic nitrogens is 5. The third kappa shape index (κ3) is 3.29. The number of hydrogen-bond acceptors (Lipinski definition) is 4. The topological polar surface area (TPSA) is 77.6 Å². The molecule has 0 saturated carbocycles. The third-order valence-corrected chi connectivity index (χ3v) is 5.20. The summed E-state index contributed by atoms with van der Waals surface area (Å²) in [5.74, 6) is -0.143. The second-order valence-electron chi connectivity index (χ2n) is 7.35. The lowest BCUT2D eigenvalue weighted by molar-refractivity contribution is 0.0941. The number of nitrogens with one attached hydrogen (secondary N) is 1. The molecule has 0 saturated heterocycles. The van der Waals surface area contributed by atoms with Crippen LogP contribution < -0.4 is 5.32 Å². The van der Waals surface area contributed by atoms with E-state index in [1.54, 1.807) is 4.68 Å². The molecule has 0 radical (unpaired) electrons. The number of aryl methyl sites for hydroxylation is 3. The van der Waals surface area contributed by atoms with E-state index in [-0.39, 0.29) is 11.9 Å². The average molecular weight is 388 g/mol. The van der Waals surface area contributed by atoms with E-state index < -0.39 is 0 Å². The van der Waals surface area contributed by atoms with Crippen LogP contribution in [0, 0.1) is 20.8 Å². The number of amides is 1. The van der Waals surface area contributed by atoms with Gasteiger partial charge in [-0.2, -0.15) is 10.2 Å². The molecule has 4 aromatic rings. The van der Waals surface area contributed by atoms with Gasteiger partial charge in [0.25, 0.3) is 5.91 Å². The van der Waals surface area contributed by atoms with Crippen molar-refractivity contribution in [2.24, 2.45) is 7.05 Å². The zero-order chi connectivity index (χ0) is 20.7. The van der Waals surface area contributed by atoms with E-state index >= 15 is 0 Å². The fourth-order valence-electron chi connectivity index (χ4n) is 3.78. The Hall–Kier alpha value is -3.48. The van der Waals surface area contributed by atoms with Crippen molar-refractivity contribution in [3.8, 4) is 5.69 Å². The van der Waals surface area contributed by atoms with Crippen molar-refractivity contribution in [3.63, 3.8) is 0 Å². The molecular formula is C22H24N6O. The van der Waals surface area contributed by atoms with Gasteiger partial charge in [-0.25, -0.2) is 9.67 Å². The number of para-hydroxylation sites is 1. The van der Waals surface area contributed by atoms with E-state index in [0.717, 1.165) is 33.7 Å². The molecular weight excluding hydrogens is 364 g/mol. The summed E-state index contributed by atoms with van der Waals surface area (Å²) in [6.45, 7) is 7.76. The molecule has 0 spiro atoms. The molecule has 7 nitrogen and oxygen atoms in total. The van der Waals surface area contributed by atoms with Crippen LogP contribution in [0.25, 0.3) is 16.7 Å². The van der Waals surface area contributed by atoms with Gasteiger partial charge in [0, 0.05) is 24.0 Å². The molecule has 4 rings (SSSR count). The number of carbonyl (C=O) groups excluding carboxylic acids is 1. The average Bonchev–Trinajstić information content (AvgIpc) is 3.21. The predicted molar refractivity (Wildman–Crippen MR) is 112 cm³/mol. The molecule has 1 amide bonds. The monoisotopic (exact) mass is 388 g/mol. The van der Waals surface area contributed by atoms with Gasteiger partial charge in [0.05, 0.1) is 34.6 Å². The Labute approximate surface area is 169 Å². The van der Waals surface area contributed by atoms with Gasteiger partial charge >= 0.3 is 0 Å². The number of hydrogen-bond donors (Lipinski definition) is 1. The number of fused-ring (bicyclic) bond motifs is 1. The van der Waals surface area contributed by atoms with Gasteiger partial charge in [-0.3, -0.25) is 9.48 Å². The third-order valence-electron chi connectivity index (χ3n) is 5.20. The van der Waals surface area contributed by atoms with Crippen molar-refractivity contribution in [2.45, 2.75) is 33.7 Å². The van der Waals surface area contributed by atoms with Crippen molar-refractivity contribution in [2.75, 3.05) is 0 Å². The molecule has 0 aliphatic rings. The van der Waals surface area contributed by atoms with E-state index in [9.17, 15) is 4.79 Å². The first-order valence-electron chi connectivity index (χ1n) is 9.58. The van der Waals surface area contributed by atoms with Gasteiger partial charge in [-0.15, -0.1) is 0 Å². The molecule has 1 atom stereocenters. The summed E-state index contributed by atoms with van der Waals surface area (Å²) in [6.07, 6.45) is 1.82. The summed E-state index contributed by atoms with van der Waals surface area (Å²) < 4.78 is 3.60. The maximum atomic E-state index is 13.1. The Bertz CT molecular complexity index is 1210.